The predicted molar refractivity (Wildman–Crippen MR) is 63.9 cm³/mol. The Morgan fingerprint density at radius 2 is 1.50 bits per heavy atom. The highest BCUT2D eigenvalue weighted by Crippen LogP contribution is 2.12. The quantitative estimate of drug-likeness (QED) is 0.861. The molecule has 0 unspecified atom stereocenters. The molecule has 0 saturated carbocycles. The summed E-state index contributed by atoms with van der Waals surface area (Å²) in [7, 11) is 0. The molecule has 0 atom stereocenters. The van der Waals surface area contributed by atoms with E-state index in [0.29, 0.717) is 0 Å². The van der Waals surface area contributed by atoms with E-state index in [9.17, 15) is 22.4 Å². The Bertz CT molecular complexity index is 658. The molecule has 0 saturated heterocycles. The van der Waals surface area contributed by atoms with Gasteiger partial charge in [-0.25, -0.2) is 17.6 Å². The van der Waals surface area contributed by atoms with Crippen molar-refractivity contribution in [3.8, 4) is 0 Å². The highest BCUT2D eigenvalue weighted by atomic mass is 19.1. The molecular formula is C14H9F4NO. The molecule has 0 spiro atoms. The molecule has 0 aliphatic heterocycles. The van der Waals surface area contributed by atoms with Gasteiger partial charge < -0.3 is 5.32 Å². The van der Waals surface area contributed by atoms with Crippen molar-refractivity contribution in [3.05, 3.63) is 70.8 Å². The number of hydrogen-bond acceptors (Lipinski definition) is 1. The number of rotatable bonds is 3. The average molecular weight is 283 g/mol. The lowest BCUT2D eigenvalue weighted by atomic mass is 10.1. The Morgan fingerprint density at radius 3 is 2.20 bits per heavy atom. The highest BCUT2D eigenvalue weighted by Gasteiger charge is 2.13. The lowest BCUT2D eigenvalue weighted by Crippen LogP contribution is -2.24. The number of amides is 1. The van der Waals surface area contributed by atoms with Crippen LogP contribution in [0.3, 0.4) is 0 Å². The van der Waals surface area contributed by atoms with Gasteiger partial charge in [0.25, 0.3) is 5.91 Å². The number of carbonyl (C=O) groups is 1. The molecule has 0 heterocycles. The van der Waals surface area contributed by atoms with Crippen LogP contribution in [0.4, 0.5) is 17.6 Å². The fourth-order valence-corrected chi connectivity index (χ4v) is 1.62. The second-order valence-corrected chi connectivity index (χ2v) is 4.04. The van der Waals surface area contributed by atoms with Gasteiger partial charge in [0, 0.05) is 12.1 Å². The van der Waals surface area contributed by atoms with E-state index in [1.54, 1.807) is 0 Å². The Labute approximate surface area is 112 Å². The number of carbonyl (C=O) groups excluding carboxylic acids is 1. The maximum atomic E-state index is 13.3. The van der Waals surface area contributed by atoms with Crippen LogP contribution < -0.4 is 5.32 Å². The minimum absolute atomic E-state index is 0.0878. The molecule has 1 amide bonds. The third kappa shape index (κ3) is 3.14. The fourth-order valence-electron chi connectivity index (χ4n) is 1.62. The summed E-state index contributed by atoms with van der Waals surface area (Å²) in [5.74, 6) is -3.94. The van der Waals surface area contributed by atoms with E-state index in [1.165, 1.54) is 0 Å². The molecule has 0 aliphatic carbocycles. The molecule has 1 N–H and O–H groups in total. The van der Waals surface area contributed by atoms with Crippen LogP contribution in [-0.4, -0.2) is 5.91 Å². The lowest BCUT2D eigenvalue weighted by molar-refractivity contribution is 0.0946. The van der Waals surface area contributed by atoms with Gasteiger partial charge in [-0.1, -0.05) is 0 Å². The zero-order valence-corrected chi connectivity index (χ0v) is 10.1. The largest absolute Gasteiger partial charge is 0.348 e. The Morgan fingerprint density at radius 1 is 0.900 bits per heavy atom. The van der Waals surface area contributed by atoms with Crippen molar-refractivity contribution >= 4 is 5.91 Å². The Hall–Kier alpha value is -2.37. The molecule has 0 aromatic heterocycles. The van der Waals surface area contributed by atoms with Crippen molar-refractivity contribution in [2.45, 2.75) is 6.54 Å². The summed E-state index contributed by atoms with van der Waals surface area (Å²) in [6, 6.07) is 5.18. The van der Waals surface area contributed by atoms with Gasteiger partial charge in [0.15, 0.2) is 0 Å². The first-order valence-electron chi connectivity index (χ1n) is 5.64. The summed E-state index contributed by atoms with van der Waals surface area (Å²) < 4.78 is 52.5. The molecule has 2 rings (SSSR count). The maximum absolute atomic E-state index is 13.3. The first-order valence-corrected chi connectivity index (χ1v) is 5.64. The summed E-state index contributed by atoms with van der Waals surface area (Å²) in [6.45, 7) is -0.335. The third-order valence-corrected chi connectivity index (χ3v) is 2.62. The van der Waals surface area contributed by atoms with Crippen LogP contribution in [0.5, 0.6) is 0 Å². The van der Waals surface area contributed by atoms with Crippen LogP contribution >= 0.6 is 0 Å². The van der Waals surface area contributed by atoms with Crippen LogP contribution in [0.2, 0.25) is 0 Å². The fraction of sp³-hybridized carbons (Fsp3) is 0.0714. The van der Waals surface area contributed by atoms with Crippen molar-refractivity contribution in [3.63, 3.8) is 0 Å². The Kier molecular flexibility index (Phi) is 4.02. The zero-order chi connectivity index (χ0) is 14.7. The van der Waals surface area contributed by atoms with E-state index in [4.69, 9.17) is 0 Å². The van der Waals surface area contributed by atoms with Crippen molar-refractivity contribution < 1.29 is 22.4 Å². The highest BCUT2D eigenvalue weighted by molar-refractivity contribution is 5.94. The molecule has 2 aromatic carbocycles. The van der Waals surface area contributed by atoms with E-state index in [1.807, 2.05) is 0 Å². The molecule has 2 aromatic rings. The first kappa shape index (κ1) is 14.0. The smallest absolute Gasteiger partial charge is 0.254 e. The predicted octanol–water partition coefficient (Wildman–Crippen LogP) is 3.17. The van der Waals surface area contributed by atoms with Gasteiger partial charge >= 0.3 is 0 Å². The number of hydrogen-bond donors (Lipinski definition) is 1. The zero-order valence-electron chi connectivity index (χ0n) is 10.1. The molecule has 20 heavy (non-hydrogen) atoms. The normalized spacial score (nSPS) is 10.4. The number of benzene rings is 2. The van der Waals surface area contributed by atoms with Crippen LogP contribution in [0.1, 0.15) is 15.9 Å². The maximum Gasteiger partial charge on any atom is 0.254 e. The minimum atomic E-state index is -0.911. The summed E-state index contributed by atoms with van der Waals surface area (Å²) in [6.07, 6.45) is 0. The van der Waals surface area contributed by atoms with Crippen LogP contribution in [0.25, 0.3) is 0 Å². The molecule has 0 aliphatic rings. The van der Waals surface area contributed by atoms with Gasteiger partial charge in [-0.05, 0) is 36.4 Å². The van der Waals surface area contributed by atoms with E-state index in [2.05, 4.69) is 5.32 Å². The van der Waals surface area contributed by atoms with Crippen LogP contribution in [0, 0.1) is 23.3 Å². The average Bonchev–Trinajstić information content (AvgIpc) is 2.42. The van der Waals surface area contributed by atoms with Crippen LogP contribution in [-0.2, 0) is 6.54 Å². The molecule has 0 fully saturated rings. The van der Waals surface area contributed by atoms with Crippen LogP contribution in [0.15, 0.2) is 36.4 Å². The summed E-state index contributed by atoms with van der Waals surface area (Å²) >= 11 is 0. The number of halogens is 4. The van der Waals surface area contributed by atoms with Gasteiger partial charge in [-0.15, -0.1) is 0 Å². The topological polar surface area (TPSA) is 29.1 Å². The Balaban J connectivity index is 2.12. The summed E-state index contributed by atoms with van der Waals surface area (Å²) in [5, 5.41) is 2.20. The summed E-state index contributed by atoms with van der Waals surface area (Å²) in [5.41, 5.74) is -0.586. The summed E-state index contributed by atoms with van der Waals surface area (Å²) in [4.78, 5) is 11.7. The molecule has 104 valence electrons. The minimum Gasteiger partial charge on any atom is -0.348 e. The second kappa shape index (κ2) is 5.73. The van der Waals surface area contributed by atoms with Crippen molar-refractivity contribution in [2.75, 3.05) is 0 Å². The van der Waals surface area contributed by atoms with Gasteiger partial charge in [-0.3, -0.25) is 4.79 Å². The van der Waals surface area contributed by atoms with E-state index < -0.39 is 34.7 Å². The third-order valence-electron chi connectivity index (χ3n) is 2.62. The number of nitrogens with one attached hydrogen (secondary N) is 1. The van der Waals surface area contributed by atoms with Gasteiger partial charge in [-0.2, -0.15) is 0 Å². The molecule has 0 radical (unpaired) electrons. The van der Waals surface area contributed by atoms with E-state index in [0.717, 1.165) is 36.4 Å². The van der Waals surface area contributed by atoms with E-state index >= 15 is 0 Å². The van der Waals surface area contributed by atoms with Gasteiger partial charge in [0.05, 0.1) is 5.56 Å². The standard InChI is InChI=1S/C14H9F4NO/c15-9-1-3-12(17)8(5-9)7-19-14(20)11-6-10(16)2-4-13(11)18/h1-6H,7H2,(H,19,20). The molecule has 6 heteroatoms. The molecule has 2 nitrogen and oxygen atoms in total. The van der Waals surface area contributed by atoms with Crippen molar-refractivity contribution in [1.29, 1.82) is 0 Å². The monoisotopic (exact) mass is 283 g/mol. The van der Waals surface area contributed by atoms with Gasteiger partial charge in [0.1, 0.15) is 23.3 Å². The molecular weight excluding hydrogens is 274 g/mol. The SMILES string of the molecule is O=C(NCc1cc(F)ccc1F)c1cc(F)ccc1F. The van der Waals surface area contributed by atoms with E-state index in [-0.39, 0.29) is 12.1 Å². The first-order chi connectivity index (χ1) is 9.47. The second-order valence-electron chi connectivity index (χ2n) is 4.04. The van der Waals surface area contributed by atoms with Gasteiger partial charge in [0.2, 0.25) is 0 Å². The molecule has 0 bridgehead atoms. The van der Waals surface area contributed by atoms with Crippen molar-refractivity contribution in [1.82, 2.24) is 5.32 Å². The lowest BCUT2D eigenvalue weighted by Gasteiger charge is -2.07. The van der Waals surface area contributed by atoms with Crippen molar-refractivity contribution in [2.24, 2.45) is 0 Å².